The summed E-state index contributed by atoms with van der Waals surface area (Å²) in [4.78, 5) is 14.8. The van der Waals surface area contributed by atoms with Crippen LogP contribution < -0.4 is 4.83 Å². The van der Waals surface area contributed by atoms with Gasteiger partial charge >= 0.3 is 0 Å². The van der Waals surface area contributed by atoms with E-state index in [1.807, 2.05) is 6.26 Å². The summed E-state index contributed by atoms with van der Waals surface area (Å²) in [6.07, 6.45) is 4.64. The van der Waals surface area contributed by atoms with Crippen LogP contribution in [-0.4, -0.2) is 29.9 Å². The third kappa shape index (κ3) is 2.11. The van der Waals surface area contributed by atoms with Crippen LogP contribution in [0, 0.1) is 0 Å². The highest BCUT2D eigenvalue weighted by molar-refractivity contribution is 7.96. The number of nitrogens with one attached hydrogen (secondary N) is 1. The van der Waals surface area contributed by atoms with Gasteiger partial charge in [-0.3, -0.25) is 9.63 Å². The van der Waals surface area contributed by atoms with Crippen molar-refractivity contribution in [3.63, 3.8) is 0 Å². The van der Waals surface area contributed by atoms with Gasteiger partial charge in [0, 0.05) is 19.2 Å². The number of nitrogens with zero attached hydrogens (tertiary/aromatic N) is 2. The summed E-state index contributed by atoms with van der Waals surface area (Å²) < 4.78 is 0. The van der Waals surface area contributed by atoms with E-state index in [0.29, 0.717) is 0 Å². The lowest BCUT2D eigenvalue weighted by Gasteiger charge is -2.07. The molecule has 0 aromatic rings. The SMILES string of the molecule is CSNN=C1CCCN1C=O. The zero-order chi connectivity index (χ0) is 8.10. The molecule has 5 heteroatoms. The van der Waals surface area contributed by atoms with Crippen LogP contribution in [-0.2, 0) is 4.79 Å². The van der Waals surface area contributed by atoms with Crippen LogP contribution in [0.5, 0.6) is 0 Å². The maximum absolute atomic E-state index is 10.4. The van der Waals surface area contributed by atoms with Crippen molar-refractivity contribution >= 4 is 24.2 Å². The molecule has 62 valence electrons. The predicted molar refractivity (Wildman–Crippen MR) is 46.1 cm³/mol. The fourth-order valence-corrected chi connectivity index (χ4v) is 1.21. The molecule has 1 saturated heterocycles. The number of hydrazone groups is 1. The first-order chi connectivity index (χ1) is 5.38. The van der Waals surface area contributed by atoms with E-state index >= 15 is 0 Å². The van der Waals surface area contributed by atoms with E-state index in [2.05, 4.69) is 9.93 Å². The molecule has 0 atom stereocenters. The second-order valence-electron chi connectivity index (χ2n) is 2.23. The van der Waals surface area contributed by atoms with Gasteiger partial charge in [0.1, 0.15) is 5.84 Å². The predicted octanol–water partition coefficient (Wildman–Crippen LogP) is 0.420. The third-order valence-electron chi connectivity index (χ3n) is 1.52. The smallest absolute Gasteiger partial charge is 0.215 e. The van der Waals surface area contributed by atoms with Crippen molar-refractivity contribution in [2.75, 3.05) is 12.8 Å². The molecule has 1 N–H and O–H groups in total. The van der Waals surface area contributed by atoms with Crippen molar-refractivity contribution in [3.8, 4) is 0 Å². The molecule has 1 fully saturated rings. The first-order valence-corrected chi connectivity index (χ1v) is 4.67. The van der Waals surface area contributed by atoms with Gasteiger partial charge < -0.3 is 4.90 Å². The Hall–Kier alpha value is -0.710. The van der Waals surface area contributed by atoms with Crippen molar-refractivity contribution in [1.29, 1.82) is 0 Å². The summed E-state index contributed by atoms with van der Waals surface area (Å²) in [6.45, 7) is 0.804. The van der Waals surface area contributed by atoms with Crippen molar-refractivity contribution in [1.82, 2.24) is 9.73 Å². The molecule has 0 aliphatic carbocycles. The molecule has 1 aliphatic rings. The Kier molecular flexibility index (Phi) is 3.22. The monoisotopic (exact) mass is 173 g/mol. The minimum atomic E-state index is 0.804. The number of likely N-dealkylation sites (tertiary alicyclic amines) is 1. The molecule has 11 heavy (non-hydrogen) atoms. The average Bonchev–Trinajstić information content (AvgIpc) is 2.47. The Morgan fingerprint density at radius 1 is 1.82 bits per heavy atom. The quantitative estimate of drug-likeness (QED) is 0.382. The van der Waals surface area contributed by atoms with Crippen molar-refractivity contribution in [2.45, 2.75) is 12.8 Å². The van der Waals surface area contributed by atoms with Crippen molar-refractivity contribution < 1.29 is 4.79 Å². The molecule has 0 aromatic carbocycles. The van der Waals surface area contributed by atoms with Gasteiger partial charge in [-0.05, 0) is 18.4 Å². The highest BCUT2D eigenvalue weighted by Gasteiger charge is 2.16. The minimum absolute atomic E-state index is 0.804. The van der Waals surface area contributed by atoms with Crippen LogP contribution in [0.25, 0.3) is 0 Å². The molecule has 1 amide bonds. The molecular formula is C6H11N3OS. The number of amidine groups is 1. The van der Waals surface area contributed by atoms with Crippen LogP contribution in [0.1, 0.15) is 12.8 Å². The largest absolute Gasteiger partial charge is 0.301 e. The topological polar surface area (TPSA) is 44.7 Å². The Labute approximate surface area is 70.2 Å². The summed E-state index contributed by atoms with van der Waals surface area (Å²) in [5, 5.41) is 4.02. The summed E-state index contributed by atoms with van der Waals surface area (Å²) in [7, 11) is 0. The van der Waals surface area contributed by atoms with E-state index in [1.54, 1.807) is 4.90 Å². The zero-order valence-electron chi connectivity index (χ0n) is 6.41. The Balaban J connectivity index is 2.48. The highest BCUT2D eigenvalue weighted by atomic mass is 32.2. The maximum atomic E-state index is 10.4. The van der Waals surface area contributed by atoms with Gasteiger partial charge in [-0.15, -0.1) is 0 Å². The van der Waals surface area contributed by atoms with Crippen LogP contribution in [0.3, 0.4) is 0 Å². The van der Waals surface area contributed by atoms with Gasteiger partial charge in [0.15, 0.2) is 0 Å². The molecule has 0 unspecified atom stereocenters. The molecule has 1 rings (SSSR count). The normalized spacial score (nSPS) is 20.8. The van der Waals surface area contributed by atoms with Crippen LogP contribution in [0.15, 0.2) is 5.10 Å². The van der Waals surface area contributed by atoms with E-state index < -0.39 is 0 Å². The zero-order valence-corrected chi connectivity index (χ0v) is 7.23. The first kappa shape index (κ1) is 8.39. The molecule has 0 saturated carbocycles. The third-order valence-corrected chi connectivity index (χ3v) is 1.80. The molecule has 1 aliphatic heterocycles. The lowest BCUT2D eigenvalue weighted by molar-refractivity contribution is -0.114. The Morgan fingerprint density at radius 2 is 2.64 bits per heavy atom. The van der Waals surface area contributed by atoms with Crippen molar-refractivity contribution in [2.24, 2.45) is 5.10 Å². The second kappa shape index (κ2) is 4.23. The van der Waals surface area contributed by atoms with Gasteiger partial charge in [0.05, 0.1) is 0 Å². The summed E-state index contributed by atoms with van der Waals surface area (Å²) >= 11 is 1.42. The summed E-state index contributed by atoms with van der Waals surface area (Å²) in [5.41, 5.74) is 0. The van der Waals surface area contributed by atoms with E-state index in [0.717, 1.165) is 31.6 Å². The van der Waals surface area contributed by atoms with Crippen LogP contribution >= 0.6 is 11.9 Å². The lowest BCUT2D eigenvalue weighted by atomic mass is 10.4. The van der Waals surface area contributed by atoms with Gasteiger partial charge in [0.2, 0.25) is 6.41 Å². The van der Waals surface area contributed by atoms with E-state index in [9.17, 15) is 4.79 Å². The molecular weight excluding hydrogens is 162 g/mol. The average molecular weight is 173 g/mol. The van der Waals surface area contributed by atoms with E-state index in [4.69, 9.17) is 0 Å². The number of hydrogen-bond acceptors (Lipinski definition) is 4. The van der Waals surface area contributed by atoms with Gasteiger partial charge in [-0.2, -0.15) is 5.10 Å². The van der Waals surface area contributed by atoms with E-state index in [1.165, 1.54) is 11.9 Å². The highest BCUT2D eigenvalue weighted by Crippen LogP contribution is 2.08. The van der Waals surface area contributed by atoms with E-state index in [-0.39, 0.29) is 0 Å². The molecule has 0 spiro atoms. The lowest BCUT2D eigenvalue weighted by Crippen LogP contribution is -2.24. The summed E-state index contributed by atoms with van der Waals surface area (Å²) in [5.74, 6) is 0.842. The maximum Gasteiger partial charge on any atom is 0.215 e. The van der Waals surface area contributed by atoms with Crippen molar-refractivity contribution in [3.05, 3.63) is 0 Å². The Morgan fingerprint density at radius 3 is 3.27 bits per heavy atom. The number of carbonyl (C=O) groups excluding carboxylic acids is 1. The Bertz CT molecular complexity index is 171. The van der Waals surface area contributed by atoms with Gasteiger partial charge in [-0.1, -0.05) is 0 Å². The van der Waals surface area contributed by atoms with Gasteiger partial charge in [0.25, 0.3) is 0 Å². The fraction of sp³-hybridized carbons (Fsp3) is 0.667. The van der Waals surface area contributed by atoms with Crippen LogP contribution in [0.4, 0.5) is 0 Å². The number of amides is 1. The summed E-state index contributed by atoms with van der Waals surface area (Å²) in [6, 6.07) is 0. The molecule has 0 aromatic heterocycles. The molecule has 1 heterocycles. The first-order valence-electron chi connectivity index (χ1n) is 3.45. The van der Waals surface area contributed by atoms with Crippen LogP contribution in [0.2, 0.25) is 0 Å². The second-order valence-corrected chi connectivity index (χ2v) is 2.82. The minimum Gasteiger partial charge on any atom is -0.301 e. The molecule has 0 bridgehead atoms. The number of carbonyl (C=O) groups is 1. The number of rotatable bonds is 3. The standard InChI is InChI=1S/C6H11N3OS/c1-11-8-7-6-3-2-4-9(6)5-10/h5,8H,2-4H2,1H3. The molecule has 4 nitrogen and oxygen atoms in total. The molecule has 0 radical (unpaired) electrons. The number of hydrogen-bond donors (Lipinski definition) is 1. The fourth-order valence-electron chi connectivity index (χ4n) is 1.01. The van der Waals surface area contributed by atoms with Gasteiger partial charge in [-0.25, -0.2) is 0 Å².